The molecule has 4 nitrogen and oxygen atoms in total. The minimum absolute atomic E-state index is 0.597. The van der Waals surface area contributed by atoms with Crippen molar-refractivity contribution in [2.75, 3.05) is 0 Å². The van der Waals surface area contributed by atoms with Gasteiger partial charge in [-0.15, -0.1) is 11.3 Å². The molecule has 0 saturated heterocycles. The van der Waals surface area contributed by atoms with Crippen molar-refractivity contribution >= 4 is 43.1 Å². The van der Waals surface area contributed by atoms with Gasteiger partial charge in [0.25, 0.3) is 0 Å². The van der Waals surface area contributed by atoms with Gasteiger partial charge in [-0.25, -0.2) is 19.9 Å². The molecule has 0 aliphatic rings. The van der Waals surface area contributed by atoms with Crippen LogP contribution in [-0.2, 0) is 0 Å². The molecule has 9 rings (SSSR count). The summed E-state index contributed by atoms with van der Waals surface area (Å²) in [6.07, 6.45) is 0. The molecule has 47 heavy (non-hydrogen) atoms. The molecular weight excluding hydrogens is 593 g/mol. The maximum Gasteiger partial charge on any atom is 0.166 e. The van der Waals surface area contributed by atoms with Crippen LogP contribution >= 0.6 is 11.3 Å². The van der Waals surface area contributed by atoms with Gasteiger partial charge in [-0.05, 0) is 50.9 Å². The number of nitrogens with zero attached hydrogens (tertiary/aromatic N) is 4. The fourth-order valence-electron chi connectivity index (χ4n) is 6.28. The van der Waals surface area contributed by atoms with Gasteiger partial charge in [0.2, 0.25) is 0 Å². The monoisotopic (exact) mass is 618 g/mol. The van der Waals surface area contributed by atoms with E-state index >= 15 is 0 Å². The number of benzene rings is 7. The van der Waals surface area contributed by atoms with Gasteiger partial charge in [0.05, 0.1) is 10.2 Å². The van der Waals surface area contributed by atoms with Gasteiger partial charge in [0, 0.05) is 22.3 Å². The van der Waals surface area contributed by atoms with E-state index in [-0.39, 0.29) is 0 Å². The summed E-state index contributed by atoms with van der Waals surface area (Å²) < 4.78 is 1.08. The van der Waals surface area contributed by atoms with E-state index in [0.717, 1.165) is 48.6 Å². The summed E-state index contributed by atoms with van der Waals surface area (Å²) in [5.41, 5.74) is 6.98. The van der Waals surface area contributed by atoms with Gasteiger partial charge in [0.15, 0.2) is 17.5 Å². The highest BCUT2D eigenvalue weighted by molar-refractivity contribution is 7.21. The van der Waals surface area contributed by atoms with Gasteiger partial charge in [-0.1, -0.05) is 140 Å². The number of thiazole rings is 1. The van der Waals surface area contributed by atoms with Crippen LogP contribution in [0.5, 0.6) is 0 Å². The molecule has 5 heteroatoms. The minimum atomic E-state index is 0.597. The van der Waals surface area contributed by atoms with E-state index < -0.39 is 0 Å². The van der Waals surface area contributed by atoms with Crippen LogP contribution in [0, 0.1) is 0 Å². The minimum Gasteiger partial charge on any atom is -0.235 e. The van der Waals surface area contributed by atoms with Crippen LogP contribution in [0.15, 0.2) is 158 Å². The van der Waals surface area contributed by atoms with E-state index in [4.69, 9.17) is 19.9 Å². The molecule has 0 fully saturated rings. The van der Waals surface area contributed by atoms with Crippen molar-refractivity contribution in [3.05, 3.63) is 158 Å². The molecule has 220 valence electrons. The fourth-order valence-corrected chi connectivity index (χ4v) is 7.32. The van der Waals surface area contributed by atoms with E-state index in [0.29, 0.717) is 17.5 Å². The van der Waals surface area contributed by atoms with Crippen LogP contribution in [0.25, 0.3) is 87.6 Å². The summed E-state index contributed by atoms with van der Waals surface area (Å²) in [5, 5.41) is 5.84. The van der Waals surface area contributed by atoms with Crippen molar-refractivity contribution in [2.24, 2.45) is 0 Å². The van der Waals surface area contributed by atoms with Crippen LogP contribution in [0.1, 0.15) is 0 Å². The number of hydrogen-bond acceptors (Lipinski definition) is 5. The maximum absolute atomic E-state index is 5.23. The predicted molar refractivity (Wildman–Crippen MR) is 195 cm³/mol. The molecule has 0 aliphatic carbocycles. The van der Waals surface area contributed by atoms with E-state index in [9.17, 15) is 0 Å². The molecule has 7 aromatic carbocycles. The smallest absolute Gasteiger partial charge is 0.166 e. The molecule has 0 radical (unpaired) electrons. The third-order valence-corrected chi connectivity index (χ3v) is 9.59. The third-order valence-electron chi connectivity index (χ3n) is 8.53. The number of fused-ring (bicyclic) bond motifs is 4. The van der Waals surface area contributed by atoms with Crippen molar-refractivity contribution in [3.8, 4) is 55.9 Å². The lowest BCUT2D eigenvalue weighted by atomic mass is 9.92. The summed E-state index contributed by atoms with van der Waals surface area (Å²) in [6.45, 7) is 0. The standard InChI is InChI=1S/C42H26N4S/c1-4-14-27(15-5-1)39-44-40(28-16-6-2-7-17-28)46-41(45-39)36-25-31(26-37-38(36)43-42(47-37)29-18-8-3-9-19-29)35-24-30-20-10-11-21-32(30)33-22-12-13-23-34(33)35/h1-26H. The highest BCUT2D eigenvalue weighted by Crippen LogP contribution is 2.42. The lowest BCUT2D eigenvalue weighted by molar-refractivity contribution is 1.08. The Morgan fingerprint density at radius 2 is 0.894 bits per heavy atom. The molecule has 0 atom stereocenters. The average molecular weight is 619 g/mol. The van der Waals surface area contributed by atoms with Crippen molar-refractivity contribution in [1.29, 1.82) is 0 Å². The van der Waals surface area contributed by atoms with Gasteiger partial charge in [0.1, 0.15) is 5.01 Å². The van der Waals surface area contributed by atoms with Crippen molar-refractivity contribution in [3.63, 3.8) is 0 Å². The zero-order valence-electron chi connectivity index (χ0n) is 25.2. The molecule has 2 heterocycles. The van der Waals surface area contributed by atoms with E-state index in [2.05, 4.69) is 91.0 Å². The highest BCUT2D eigenvalue weighted by Gasteiger charge is 2.20. The van der Waals surface area contributed by atoms with Crippen LogP contribution in [0.3, 0.4) is 0 Å². The predicted octanol–water partition coefficient (Wildman–Crippen LogP) is 11.1. The van der Waals surface area contributed by atoms with Crippen LogP contribution in [0.4, 0.5) is 0 Å². The van der Waals surface area contributed by atoms with Gasteiger partial charge < -0.3 is 0 Å². The van der Waals surface area contributed by atoms with Crippen LogP contribution in [0.2, 0.25) is 0 Å². The topological polar surface area (TPSA) is 51.6 Å². The molecule has 0 unspecified atom stereocenters. The first-order valence-corrected chi connectivity index (χ1v) is 16.4. The molecule has 0 N–H and O–H groups in total. The number of rotatable bonds is 5. The molecule has 0 bridgehead atoms. The van der Waals surface area contributed by atoms with Crippen LogP contribution < -0.4 is 0 Å². The first-order chi connectivity index (χ1) is 23.3. The summed E-state index contributed by atoms with van der Waals surface area (Å²) >= 11 is 1.70. The first kappa shape index (κ1) is 27.3. The Labute approximate surface area is 275 Å². The van der Waals surface area contributed by atoms with Gasteiger partial charge in [-0.3, -0.25) is 0 Å². The summed E-state index contributed by atoms with van der Waals surface area (Å²) in [7, 11) is 0. The summed E-state index contributed by atoms with van der Waals surface area (Å²) in [5.74, 6) is 1.85. The lowest BCUT2D eigenvalue weighted by Gasteiger charge is -2.13. The second-order valence-electron chi connectivity index (χ2n) is 11.5. The quantitative estimate of drug-likeness (QED) is 0.180. The van der Waals surface area contributed by atoms with Crippen molar-refractivity contribution in [2.45, 2.75) is 0 Å². The Balaban J connectivity index is 1.35. The highest BCUT2D eigenvalue weighted by atomic mass is 32.1. The molecule has 0 aliphatic heterocycles. The Bertz CT molecular complexity index is 2500. The zero-order chi connectivity index (χ0) is 31.2. The second kappa shape index (κ2) is 11.4. The average Bonchev–Trinajstić information content (AvgIpc) is 3.59. The summed E-state index contributed by atoms with van der Waals surface area (Å²) in [4.78, 5) is 20.4. The largest absolute Gasteiger partial charge is 0.235 e. The number of aromatic nitrogens is 4. The zero-order valence-corrected chi connectivity index (χ0v) is 26.0. The lowest BCUT2D eigenvalue weighted by Crippen LogP contribution is -2.00. The molecule has 9 aromatic rings. The van der Waals surface area contributed by atoms with E-state index in [1.165, 1.54) is 21.5 Å². The first-order valence-electron chi connectivity index (χ1n) is 15.6. The normalized spacial score (nSPS) is 11.4. The molecule has 0 spiro atoms. The fraction of sp³-hybridized carbons (Fsp3) is 0. The van der Waals surface area contributed by atoms with E-state index in [1.807, 2.05) is 66.7 Å². The van der Waals surface area contributed by atoms with E-state index in [1.54, 1.807) is 11.3 Å². The molecule has 2 aromatic heterocycles. The Morgan fingerprint density at radius 3 is 1.55 bits per heavy atom. The van der Waals surface area contributed by atoms with Gasteiger partial charge >= 0.3 is 0 Å². The number of hydrogen-bond donors (Lipinski definition) is 0. The Hall–Kier alpha value is -6.04. The molecular formula is C42H26N4S. The van der Waals surface area contributed by atoms with Crippen molar-refractivity contribution < 1.29 is 0 Å². The Kier molecular flexibility index (Phi) is 6.61. The molecule has 0 saturated carbocycles. The van der Waals surface area contributed by atoms with Gasteiger partial charge in [-0.2, -0.15) is 0 Å². The SMILES string of the molecule is c1ccc(-c2nc(-c3ccccc3)nc(-c3cc(-c4cc5ccccc5c5ccccc45)cc4sc(-c5ccccc5)nc34)n2)cc1. The second-order valence-corrected chi connectivity index (χ2v) is 12.5. The maximum atomic E-state index is 5.23. The Morgan fingerprint density at radius 1 is 0.362 bits per heavy atom. The third kappa shape index (κ3) is 4.94. The van der Waals surface area contributed by atoms with Crippen molar-refractivity contribution in [1.82, 2.24) is 19.9 Å². The summed E-state index contributed by atoms with van der Waals surface area (Å²) in [6, 6.07) is 54.6. The van der Waals surface area contributed by atoms with Crippen LogP contribution in [-0.4, -0.2) is 19.9 Å². The molecule has 0 amide bonds.